The minimum Gasteiger partial charge on any atom is -0.350 e. The molecule has 0 radical (unpaired) electrons. The Morgan fingerprint density at radius 1 is 1.28 bits per heavy atom. The van der Waals surface area contributed by atoms with E-state index in [1.807, 2.05) is 38.2 Å². The second kappa shape index (κ2) is 8.95. The minimum absolute atomic E-state index is 0. The number of halogens is 1. The van der Waals surface area contributed by atoms with Gasteiger partial charge < -0.3 is 10.6 Å². The van der Waals surface area contributed by atoms with Crippen molar-refractivity contribution in [3.8, 4) is 0 Å². The number of hydrogen-bond acceptors (Lipinski definition) is 2. The van der Waals surface area contributed by atoms with Crippen LogP contribution in [0.25, 0.3) is 0 Å². The lowest BCUT2D eigenvalue weighted by Crippen LogP contribution is -2.37. The summed E-state index contributed by atoms with van der Waals surface area (Å²) >= 11 is 0. The zero-order valence-corrected chi connectivity index (χ0v) is 12.1. The lowest BCUT2D eigenvalue weighted by atomic mass is 10.1. The van der Waals surface area contributed by atoms with E-state index in [1.165, 1.54) is 5.56 Å². The molecule has 0 aliphatic heterocycles. The first kappa shape index (κ1) is 16.9. The SMILES string of the molecule is CCCc1ccc(C(=O)NCC(C)NC)cc1.Cl. The van der Waals surface area contributed by atoms with Gasteiger partial charge in [-0.2, -0.15) is 0 Å². The number of benzene rings is 1. The van der Waals surface area contributed by atoms with Gasteiger partial charge in [0.15, 0.2) is 0 Å². The zero-order chi connectivity index (χ0) is 12.7. The molecule has 0 aliphatic carbocycles. The molecule has 1 atom stereocenters. The predicted molar refractivity (Wildman–Crippen MR) is 78.5 cm³/mol. The van der Waals surface area contributed by atoms with Crippen LogP contribution in [-0.4, -0.2) is 25.5 Å². The first-order valence-electron chi connectivity index (χ1n) is 6.21. The van der Waals surface area contributed by atoms with Crippen molar-refractivity contribution in [1.82, 2.24) is 10.6 Å². The van der Waals surface area contributed by atoms with Crippen molar-refractivity contribution in [1.29, 1.82) is 0 Å². The monoisotopic (exact) mass is 270 g/mol. The Morgan fingerprint density at radius 3 is 2.39 bits per heavy atom. The van der Waals surface area contributed by atoms with E-state index >= 15 is 0 Å². The fraction of sp³-hybridized carbons (Fsp3) is 0.500. The van der Waals surface area contributed by atoms with E-state index < -0.39 is 0 Å². The second-order valence-corrected chi connectivity index (χ2v) is 4.35. The highest BCUT2D eigenvalue weighted by Gasteiger charge is 2.06. The molecule has 1 amide bonds. The maximum atomic E-state index is 11.8. The molecule has 4 heteroatoms. The second-order valence-electron chi connectivity index (χ2n) is 4.35. The van der Waals surface area contributed by atoms with Crippen molar-refractivity contribution < 1.29 is 4.79 Å². The predicted octanol–water partition coefficient (Wildman–Crippen LogP) is 2.40. The molecule has 0 fully saturated rings. The van der Waals surface area contributed by atoms with Crippen LogP contribution >= 0.6 is 12.4 Å². The number of carbonyl (C=O) groups is 1. The number of likely N-dealkylation sites (N-methyl/N-ethyl adjacent to an activating group) is 1. The highest BCUT2D eigenvalue weighted by atomic mass is 35.5. The molecular weight excluding hydrogens is 248 g/mol. The normalized spacial score (nSPS) is 11.5. The smallest absolute Gasteiger partial charge is 0.251 e. The summed E-state index contributed by atoms with van der Waals surface area (Å²) < 4.78 is 0. The third-order valence-electron chi connectivity index (χ3n) is 2.82. The van der Waals surface area contributed by atoms with Crippen molar-refractivity contribution >= 4 is 18.3 Å². The van der Waals surface area contributed by atoms with Crippen LogP contribution in [0.15, 0.2) is 24.3 Å². The van der Waals surface area contributed by atoms with Gasteiger partial charge >= 0.3 is 0 Å². The Labute approximate surface area is 116 Å². The van der Waals surface area contributed by atoms with Gasteiger partial charge in [0, 0.05) is 18.2 Å². The third-order valence-corrected chi connectivity index (χ3v) is 2.82. The first-order chi connectivity index (χ1) is 8.17. The summed E-state index contributed by atoms with van der Waals surface area (Å²) in [6.07, 6.45) is 2.20. The third kappa shape index (κ3) is 5.52. The standard InChI is InChI=1S/C14H22N2O.ClH/c1-4-5-12-6-8-13(9-7-12)14(17)16-10-11(2)15-3;/h6-9,11,15H,4-5,10H2,1-3H3,(H,16,17);1H. The average Bonchev–Trinajstić information content (AvgIpc) is 2.36. The lowest BCUT2D eigenvalue weighted by Gasteiger charge is -2.11. The van der Waals surface area contributed by atoms with E-state index in [4.69, 9.17) is 0 Å². The highest BCUT2D eigenvalue weighted by Crippen LogP contribution is 2.06. The van der Waals surface area contributed by atoms with Gasteiger partial charge in [-0.1, -0.05) is 25.5 Å². The van der Waals surface area contributed by atoms with Gasteiger partial charge in [-0.3, -0.25) is 4.79 Å². The Morgan fingerprint density at radius 2 is 1.89 bits per heavy atom. The van der Waals surface area contributed by atoms with E-state index in [2.05, 4.69) is 17.6 Å². The maximum Gasteiger partial charge on any atom is 0.251 e. The fourth-order valence-corrected chi connectivity index (χ4v) is 1.56. The Balaban J connectivity index is 0.00000289. The summed E-state index contributed by atoms with van der Waals surface area (Å²) in [5, 5.41) is 5.98. The molecule has 1 aromatic rings. The molecular formula is C14H23ClN2O. The summed E-state index contributed by atoms with van der Waals surface area (Å²) in [7, 11) is 1.89. The van der Waals surface area contributed by atoms with E-state index in [1.54, 1.807) is 0 Å². The largest absolute Gasteiger partial charge is 0.350 e. The number of hydrogen-bond donors (Lipinski definition) is 2. The molecule has 3 nitrogen and oxygen atoms in total. The van der Waals surface area contributed by atoms with Gasteiger partial charge in [-0.05, 0) is 38.1 Å². The van der Waals surface area contributed by atoms with Crippen LogP contribution in [0, 0.1) is 0 Å². The summed E-state index contributed by atoms with van der Waals surface area (Å²) in [4.78, 5) is 11.8. The van der Waals surface area contributed by atoms with Crippen LogP contribution in [0.5, 0.6) is 0 Å². The van der Waals surface area contributed by atoms with Gasteiger partial charge in [0.05, 0.1) is 0 Å². The maximum absolute atomic E-state index is 11.8. The molecule has 0 spiro atoms. The van der Waals surface area contributed by atoms with Crippen molar-refractivity contribution in [2.45, 2.75) is 32.7 Å². The van der Waals surface area contributed by atoms with Crippen molar-refractivity contribution in [2.75, 3.05) is 13.6 Å². The lowest BCUT2D eigenvalue weighted by molar-refractivity contribution is 0.0950. The minimum atomic E-state index is -0.00449. The topological polar surface area (TPSA) is 41.1 Å². The molecule has 0 saturated heterocycles. The Bertz CT molecular complexity index is 351. The molecule has 18 heavy (non-hydrogen) atoms. The molecule has 0 saturated carbocycles. The van der Waals surface area contributed by atoms with E-state index in [0.717, 1.165) is 18.4 Å². The molecule has 102 valence electrons. The van der Waals surface area contributed by atoms with Crippen molar-refractivity contribution in [3.63, 3.8) is 0 Å². The molecule has 0 aromatic heterocycles. The van der Waals surface area contributed by atoms with Crippen LogP contribution in [0.2, 0.25) is 0 Å². The van der Waals surface area contributed by atoms with Crippen molar-refractivity contribution in [3.05, 3.63) is 35.4 Å². The van der Waals surface area contributed by atoms with Gasteiger partial charge in [-0.25, -0.2) is 0 Å². The quantitative estimate of drug-likeness (QED) is 0.833. The van der Waals surface area contributed by atoms with Crippen molar-refractivity contribution in [2.24, 2.45) is 0 Å². The van der Waals surface area contributed by atoms with Crippen LogP contribution in [0.3, 0.4) is 0 Å². The molecule has 1 aromatic carbocycles. The number of amides is 1. The van der Waals surface area contributed by atoms with Gasteiger partial charge in [-0.15, -0.1) is 12.4 Å². The van der Waals surface area contributed by atoms with E-state index in [9.17, 15) is 4.79 Å². The summed E-state index contributed by atoms with van der Waals surface area (Å²) in [5.74, 6) is -0.00449. The molecule has 0 bridgehead atoms. The van der Waals surface area contributed by atoms with Crippen LogP contribution in [-0.2, 0) is 6.42 Å². The van der Waals surface area contributed by atoms with Gasteiger partial charge in [0.25, 0.3) is 5.91 Å². The number of rotatable bonds is 6. The summed E-state index contributed by atoms with van der Waals surface area (Å²) in [6, 6.07) is 8.13. The van der Waals surface area contributed by atoms with Gasteiger partial charge in [0.1, 0.15) is 0 Å². The van der Waals surface area contributed by atoms with Crippen LogP contribution < -0.4 is 10.6 Å². The number of nitrogens with one attached hydrogen (secondary N) is 2. The summed E-state index contributed by atoms with van der Waals surface area (Å²) in [6.45, 7) is 4.83. The Kier molecular flexibility index (Phi) is 8.42. The zero-order valence-electron chi connectivity index (χ0n) is 11.3. The number of aryl methyl sites for hydroxylation is 1. The van der Waals surface area contributed by atoms with Gasteiger partial charge in [0.2, 0.25) is 0 Å². The van der Waals surface area contributed by atoms with Crippen LogP contribution in [0.1, 0.15) is 36.2 Å². The average molecular weight is 271 g/mol. The fourth-order valence-electron chi connectivity index (χ4n) is 1.56. The Hall–Kier alpha value is -1.06. The highest BCUT2D eigenvalue weighted by molar-refractivity contribution is 5.94. The van der Waals surface area contributed by atoms with E-state index in [-0.39, 0.29) is 18.3 Å². The first-order valence-corrected chi connectivity index (χ1v) is 6.21. The molecule has 2 N–H and O–H groups in total. The van der Waals surface area contributed by atoms with Crippen LogP contribution in [0.4, 0.5) is 0 Å². The molecule has 0 heterocycles. The van der Waals surface area contributed by atoms with E-state index in [0.29, 0.717) is 12.6 Å². The molecule has 0 aliphatic rings. The molecule has 1 rings (SSSR count). The number of carbonyl (C=O) groups excluding carboxylic acids is 1. The molecule has 1 unspecified atom stereocenters. The summed E-state index contributed by atoms with van der Waals surface area (Å²) in [5.41, 5.74) is 2.01.